The highest BCUT2D eigenvalue weighted by Crippen LogP contribution is 2.38. The van der Waals surface area contributed by atoms with Crippen molar-refractivity contribution in [2.24, 2.45) is 0 Å². The number of hydrogen-bond donors (Lipinski definition) is 0. The fourth-order valence-electron chi connectivity index (χ4n) is 4.47. The van der Waals surface area contributed by atoms with Crippen LogP contribution in [0.5, 0.6) is 0 Å². The summed E-state index contributed by atoms with van der Waals surface area (Å²) in [6.07, 6.45) is 0. The minimum atomic E-state index is 0.755. The summed E-state index contributed by atoms with van der Waals surface area (Å²) in [7, 11) is 0. The molecule has 0 aliphatic carbocycles. The third kappa shape index (κ3) is 2.63. The SMILES string of the molecule is Clc1cccc(-c2ccc3c(c2)c2ccc4ccccc4c2n3-c2ccccc2)c1. The standard InChI is InChI=1S/C28H18ClN/c29-22-9-6-8-20(17-22)21-14-16-27-26(18-21)25-15-13-19-7-4-5-12-24(19)28(25)30(27)23-10-2-1-3-11-23/h1-18H. The van der Waals surface area contributed by atoms with Crippen molar-refractivity contribution >= 4 is 44.2 Å². The summed E-state index contributed by atoms with van der Waals surface area (Å²) in [5, 5.41) is 5.78. The molecular weight excluding hydrogens is 386 g/mol. The Hall–Kier alpha value is -3.55. The van der Waals surface area contributed by atoms with Crippen LogP contribution in [0.25, 0.3) is 49.4 Å². The highest BCUT2D eigenvalue weighted by atomic mass is 35.5. The maximum Gasteiger partial charge on any atom is 0.0619 e. The number of benzene rings is 5. The lowest BCUT2D eigenvalue weighted by molar-refractivity contribution is 1.19. The van der Waals surface area contributed by atoms with Gasteiger partial charge in [0.15, 0.2) is 0 Å². The Balaban J connectivity index is 1.76. The van der Waals surface area contributed by atoms with Gasteiger partial charge in [-0.05, 0) is 52.9 Å². The first-order valence-electron chi connectivity index (χ1n) is 10.1. The Kier molecular flexibility index (Phi) is 3.90. The van der Waals surface area contributed by atoms with Gasteiger partial charge < -0.3 is 4.57 Å². The van der Waals surface area contributed by atoms with E-state index < -0.39 is 0 Å². The lowest BCUT2D eigenvalue weighted by Crippen LogP contribution is -1.93. The van der Waals surface area contributed by atoms with E-state index in [0.29, 0.717) is 0 Å². The maximum absolute atomic E-state index is 6.25. The zero-order chi connectivity index (χ0) is 20.1. The average Bonchev–Trinajstić information content (AvgIpc) is 3.14. The van der Waals surface area contributed by atoms with Crippen LogP contribution in [0.2, 0.25) is 5.02 Å². The van der Waals surface area contributed by atoms with E-state index in [-0.39, 0.29) is 0 Å². The first kappa shape index (κ1) is 17.3. The van der Waals surface area contributed by atoms with Crippen LogP contribution < -0.4 is 0 Å². The van der Waals surface area contributed by atoms with Gasteiger partial charge in [-0.3, -0.25) is 0 Å². The predicted molar refractivity (Wildman–Crippen MR) is 129 cm³/mol. The zero-order valence-corrected chi connectivity index (χ0v) is 17.0. The number of aromatic nitrogens is 1. The van der Waals surface area contributed by atoms with Gasteiger partial charge in [-0.1, -0.05) is 84.4 Å². The Morgan fingerprint density at radius 3 is 2.20 bits per heavy atom. The lowest BCUT2D eigenvalue weighted by atomic mass is 10.0. The number of rotatable bonds is 2. The van der Waals surface area contributed by atoms with Gasteiger partial charge in [0.05, 0.1) is 11.0 Å². The van der Waals surface area contributed by atoms with Crippen molar-refractivity contribution in [3.63, 3.8) is 0 Å². The van der Waals surface area contributed by atoms with Crippen molar-refractivity contribution < 1.29 is 0 Å². The predicted octanol–water partition coefficient (Wildman–Crippen LogP) is 8.26. The van der Waals surface area contributed by atoms with Crippen LogP contribution in [-0.2, 0) is 0 Å². The molecule has 0 bridgehead atoms. The first-order chi connectivity index (χ1) is 14.8. The molecule has 30 heavy (non-hydrogen) atoms. The molecule has 0 aliphatic rings. The zero-order valence-electron chi connectivity index (χ0n) is 16.2. The third-order valence-electron chi connectivity index (χ3n) is 5.82. The van der Waals surface area contributed by atoms with Gasteiger partial charge in [-0.15, -0.1) is 0 Å². The van der Waals surface area contributed by atoms with E-state index in [1.807, 2.05) is 18.2 Å². The fourth-order valence-corrected chi connectivity index (χ4v) is 4.66. The van der Waals surface area contributed by atoms with Gasteiger partial charge in [-0.25, -0.2) is 0 Å². The fraction of sp³-hybridized carbons (Fsp3) is 0. The molecule has 6 aromatic rings. The van der Waals surface area contributed by atoms with E-state index in [2.05, 4.69) is 95.6 Å². The molecule has 0 atom stereocenters. The summed E-state index contributed by atoms with van der Waals surface area (Å²) in [6.45, 7) is 0. The van der Waals surface area contributed by atoms with Crippen molar-refractivity contribution in [3.8, 4) is 16.8 Å². The average molecular weight is 404 g/mol. The van der Waals surface area contributed by atoms with Crippen LogP contribution in [0.1, 0.15) is 0 Å². The molecule has 0 aliphatic heterocycles. The minimum Gasteiger partial charge on any atom is -0.309 e. The molecular formula is C28H18ClN. The Morgan fingerprint density at radius 1 is 0.533 bits per heavy atom. The molecule has 0 saturated carbocycles. The number of hydrogen-bond acceptors (Lipinski definition) is 0. The van der Waals surface area contributed by atoms with E-state index in [1.54, 1.807) is 0 Å². The monoisotopic (exact) mass is 403 g/mol. The second kappa shape index (κ2) is 6.76. The first-order valence-corrected chi connectivity index (χ1v) is 10.4. The van der Waals surface area contributed by atoms with Crippen molar-refractivity contribution in [2.75, 3.05) is 0 Å². The molecule has 0 spiro atoms. The van der Waals surface area contributed by atoms with Gasteiger partial charge >= 0.3 is 0 Å². The van der Waals surface area contributed by atoms with Gasteiger partial charge in [-0.2, -0.15) is 0 Å². The molecule has 142 valence electrons. The lowest BCUT2D eigenvalue weighted by Gasteiger charge is -2.10. The summed E-state index contributed by atoms with van der Waals surface area (Å²) >= 11 is 6.25. The second-order valence-corrected chi connectivity index (χ2v) is 8.03. The molecule has 0 N–H and O–H groups in total. The molecule has 1 nitrogen and oxygen atoms in total. The molecule has 0 radical (unpaired) electrons. The summed E-state index contributed by atoms with van der Waals surface area (Å²) in [4.78, 5) is 0. The Labute approximate surface area is 179 Å². The van der Waals surface area contributed by atoms with Gasteiger partial charge in [0.25, 0.3) is 0 Å². The van der Waals surface area contributed by atoms with Crippen LogP contribution >= 0.6 is 11.6 Å². The quantitative estimate of drug-likeness (QED) is 0.274. The molecule has 0 fully saturated rings. The third-order valence-corrected chi connectivity index (χ3v) is 6.06. The van der Waals surface area contributed by atoms with Crippen LogP contribution in [0, 0.1) is 0 Å². The van der Waals surface area contributed by atoms with E-state index in [1.165, 1.54) is 43.8 Å². The minimum absolute atomic E-state index is 0.755. The van der Waals surface area contributed by atoms with Gasteiger partial charge in [0, 0.05) is 26.9 Å². The van der Waals surface area contributed by atoms with Crippen molar-refractivity contribution in [2.45, 2.75) is 0 Å². The highest BCUT2D eigenvalue weighted by molar-refractivity contribution is 6.30. The van der Waals surface area contributed by atoms with Crippen molar-refractivity contribution in [3.05, 3.63) is 114 Å². The largest absolute Gasteiger partial charge is 0.309 e. The number of halogens is 1. The molecule has 1 heterocycles. The van der Waals surface area contributed by atoms with E-state index >= 15 is 0 Å². The summed E-state index contributed by atoms with van der Waals surface area (Å²) in [5.41, 5.74) is 5.93. The van der Waals surface area contributed by atoms with Crippen LogP contribution in [0.4, 0.5) is 0 Å². The van der Waals surface area contributed by atoms with Crippen LogP contribution in [-0.4, -0.2) is 4.57 Å². The molecule has 6 rings (SSSR count). The molecule has 0 amide bonds. The molecule has 0 saturated heterocycles. The molecule has 1 aromatic heterocycles. The molecule has 2 heteroatoms. The van der Waals surface area contributed by atoms with Crippen LogP contribution in [0.15, 0.2) is 109 Å². The normalized spacial score (nSPS) is 11.5. The van der Waals surface area contributed by atoms with Gasteiger partial charge in [0.2, 0.25) is 0 Å². The van der Waals surface area contributed by atoms with Gasteiger partial charge in [0.1, 0.15) is 0 Å². The topological polar surface area (TPSA) is 4.93 Å². The Bertz CT molecular complexity index is 1540. The number of nitrogens with zero attached hydrogens (tertiary/aromatic N) is 1. The molecule has 0 unspecified atom stereocenters. The second-order valence-electron chi connectivity index (χ2n) is 7.60. The van der Waals surface area contributed by atoms with Crippen molar-refractivity contribution in [1.29, 1.82) is 0 Å². The summed E-state index contributed by atoms with van der Waals surface area (Å²) in [5.74, 6) is 0. The van der Waals surface area contributed by atoms with E-state index in [0.717, 1.165) is 10.6 Å². The Morgan fingerprint density at radius 2 is 1.33 bits per heavy atom. The summed E-state index contributed by atoms with van der Waals surface area (Å²) in [6, 6.07) is 38.4. The van der Waals surface area contributed by atoms with Crippen molar-refractivity contribution in [1.82, 2.24) is 4.57 Å². The smallest absolute Gasteiger partial charge is 0.0619 e. The number of para-hydroxylation sites is 1. The maximum atomic E-state index is 6.25. The highest BCUT2D eigenvalue weighted by Gasteiger charge is 2.15. The van der Waals surface area contributed by atoms with E-state index in [4.69, 9.17) is 11.6 Å². The summed E-state index contributed by atoms with van der Waals surface area (Å²) < 4.78 is 2.38. The van der Waals surface area contributed by atoms with Crippen LogP contribution in [0.3, 0.4) is 0 Å². The molecule has 5 aromatic carbocycles. The van der Waals surface area contributed by atoms with E-state index in [9.17, 15) is 0 Å². The number of fused-ring (bicyclic) bond motifs is 5.